The van der Waals surface area contributed by atoms with Crippen molar-refractivity contribution < 1.29 is 4.74 Å². The lowest BCUT2D eigenvalue weighted by molar-refractivity contribution is 0.221. The highest BCUT2D eigenvalue weighted by Crippen LogP contribution is 2.19. The Labute approximate surface area is 96.4 Å². The van der Waals surface area contributed by atoms with Crippen molar-refractivity contribution in [2.45, 2.75) is 52.3 Å². The van der Waals surface area contributed by atoms with Crippen LogP contribution >= 0.6 is 0 Å². The molecule has 0 spiro atoms. The summed E-state index contributed by atoms with van der Waals surface area (Å²) in [5, 5.41) is 3.45. The zero-order valence-electron chi connectivity index (χ0n) is 10.2. The van der Waals surface area contributed by atoms with Gasteiger partial charge in [-0.25, -0.2) is 9.97 Å². The maximum Gasteiger partial charge on any atom is 0.316 e. The van der Waals surface area contributed by atoms with Crippen molar-refractivity contribution in [2.75, 3.05) is 0 Å². The fraction of sp³-hybridized carbons (Fsp3) is 0.667. The van der Waals surface area contributed by atoms with Crippen LogP contribution in [0.25, 0.3) is 0 Å². The van der Waals surface area contributed by atoms with Gasteiger partial charge in [-0.2, -0.15) is 0 Å². The lowest BCUT2D eigenvalue weighted by atomic mass is 10.2. The second kappa shape index (κ2) is 4.78. The van der Waals surface area contributed by atoms with Crippen LogP contribution in [0, 0.1) is 6.92 Å². The third kappa shape index (κ3) is 3.17. The first-order valence-corrected chi connectivity index (χ1v) is 5.87. The summed E-state index contributed by atoms with van der Waals surface area (Å²) in [4.78, 5) is 8.54. The Balaban J connectivity index is 1.97. The zero-order valence-corrected chi connectivity index (χ0v) is 10.2. The van der Waals surface area contributed by atoms with Gasteiger partial charge in [-0.05, 0) is 33.6 Å². The van der Waals surface area contributed by atoms with Gasteiger partial charge in [0, 0.05) is 30.0 Å². The van der Waals surface area contributed by atoms with Gasteiger partial charge in [0.25, 0.3) is 0 Å². The predicted molar refractivity (Wildman–Crippen MR) is 62.4 cm³/mol. The first-order valence-electron chi connectivity index (χ1n) is 5.87. The molecule has 1 aliphatic carbocycles. The van der Waals surface area contributed by atoms with Gasteiger partial charge in [0.2, 0.25) is 0 Å². The molecule has 1 aromatic heterocycles. The Bertz CT molecular complexity index is 361. The molecule has 2 rings (SSSR count). The van der Waals surface area contributed by atoms with Crippen LogP contribution in [-0.2, 0) is 6.54 Å². The van der Waals surface area contributed by atoms with E-state index < -0.39 is 0 Å². The second-order valence-corrected chi connectivity index (χ2v) is 4.59. The largest absolute Gasteiger partial charge is 0.461 e. The third-order valence-electron chi connectivity index (χ3n) is 2.56. The Hall–Kier alpha value is -1.16. The molecular formula is C12H19N3O. The fourth-order valence-corrected chi connectivity index (χ4v) is 1.45. The number of rotatable bonds is 5. The number of hydrogen-bond acceptors (Lipinski definition) is 4. The van der Waals surface area contributed by atoms with E-state index >= 15 is 0 Å². The molecule has 0 unspecified atom stereocenters. The van der Waals surface area contributed by atoms with Gasteiger partial charge in [-0.1, -0.05) is 0 Å². The number of nitrogens with zero attached hydrogens (tertiary/aromatic N) is 2. The van der Waals surface area contributed by atoms with Gasteiger partial charge in [-0.3, -0.25) is 0 Å². The van der Waals surface area contributed by atoms with Crippen molar-refractivity contribution >= 4 is 0 Å². The Kier molecular flexibility index (Phi) is 3.39. The van der Waals surface area contributed by atoms with E-state index in [4.69, 9.17) is 4.74 Å². The van der Waals surface area contributed by atoms with Crippen molar-refractivity contribution in [1.82, 2.24) is 15.3 Å². The normalized spacial score (nSPS) is 15.5. The minimum atomic E-state index is 0.120. The molecule has 0 radical (unpaired) electrons. The maximum absolute atomic E-state index is 5.45. The minimum absolute atomic E-state index is 0.120. The predicted octanol–water partition coefficient (Wildman–Crippen LogP) is 1.82. The van der Waals surface area contributed by atoms with E-state index in [2.05, 4.69) is 15.3 Å². The number of nitrogens with one attached hydrogen (secondary N) is 1. The smallest absolute Gasteiger partial charge is 0.316 e. The van der Waals surface area contributed by atoms with Gasteiger partial charge in [0.15, 0.2) is 0 Å². The molecule has 4 nitrogen and oxygen atoms in total. The highest BCUT2D eigenvalue weighted by atomic mass is 16.5. The molecule has 0 aliphatic heterocycles. The quantitative estimate of drug-likeness (QED) is 0.824. The molecule has 0 bridgehead atoms. The Morgan fingerprint density at radius 3 is 2.81 bits per heavy atom. The molecule has 0 amide bonds. The van der Waals surface area contributed by atoms with Gasteiger partial charge < -0.3 is 10.1 Å². The molecule has 0 atom stereocenters. The van der Waals surface area contributed by atoms with E-state index in [1.165, 1.54) is 12.8 Å². The fourth-order valence-electron chi connectivity index (χ4n) is 1.45. The molecule has 88 valence electrons. The van der Waals surface area contributed by atoms with Crippen LogP contribution < -0.4 is 10.1 Å². The standard InChI is InChI=1S/C12H19N3O/c1-8(2)16-12-14-7-10(9(3)15-12)6-13-11-4-5-11/h7-8,11,13H,4-6H2,1-3H3. The van der Waals surface area contributed by atoms with E-state index in [0.29, 0.717) is 12.1 Å². The van der Waals surface area contributed by atoms with Crippen molar-refractivity contribution in [1.29, 1.82) is 0 Å². The molecule has 1 fully saturated rings. The van der Waals surface area contributed by atoms with Crippen LogP contribution in [0.15, 0.2) is 6.20 Å². The third-order valence-corrected chi connectivity index (χ3v) is 2.56. The first kappa shape index (κ1) is 11.3. The lowest BCUT2D eigenvalue weighted by Gasteiger charge is -2.10. The van der Waals surface area contributed by atoms with E-state index in [9.17, 15) is 0 Å². The number of ether oxygens (including phenoxy) is 1. The van der Waals surface area contributed by atoms with Crippen molar-refractivity contribution in [3.8, 4) is 6.01 Å². The summed E-state index contributed by atoms with van der Waals surface area (Å²) in [5.41, 5.74) is 2.15. The summed E-state index contributed by atoms with van der Waals surface area (Å²) in [6, 6.07) is 1.19. The van der Waals surface area contributed by atoms with E-state index in [-0.39, 0.29) is 6.10 Å². The van der Waals surface area contributed by atoms with Crippen LogP contribution in [0.4, 0.5) is 0 Å². The molecular weight excluding hydrogens is 202 g/mol. The van der Waals surface area contributed by atoms with E-state index in [0.717, 1.165) is 17.8 Å². The van der Waals surface area contributed by atoms with E-state index in [1.54, 1.807) is 0 Å². The topological polar surface area (TPSA) is 47.0 Å². The van der Waals surface area contributed by atoms with Gasteiger partial charge >= 0.3 is 6.01 Å². The van der Waals surface area contributed by atoms with E-state index in [1.807, 2.05) is 27.0 Å². The van der Waals surface area contributed by atoms with Crippen LogP contribution in [0.1, 0.15) is 37.9 Å². The SMILES string of the molecule is Cc1nc(OC(C)C)ncc1CNC1CC1. The monoisotopic (exact) mass is 221 g/mol. The number of hydrogen-bond donors (Lipinski definition) is 1. The number of aromatic nitrogens is 2. The van der Waals surface area contributed by atoms with Crippen LogP contribution in [-0.4, -0.2) is 22.1 Å². The minimum Gasteiger partial charge on any atom is -0.461 e. The summed E-state index contributed by atoms with van der Waals surface area (Å²) in [7, 11) is 0. The molecule has 1 aliphatic rings. The molecule has 1 aromatic rings. The summed E-state index contributed by atoms with van der Waals surface area (Å²) in [6.45, 7) is 6.81. The molecule has 0 saturated heterocycles. The van der Waals surface area contributed by atoms with Crippen molar-refractivity contribution in [3.05, 3.63) is 17.5 Å². The Morgan fingerprint density at radius 2 is 2.25 bits per heavy atom. The summed E-state index contributed by atoms with van der Waals surface area (Å²) < 4.78 is 5.45. The van der Waals surface area contributed by atoms with Gasteiger partial charge in [0.1, 0.15) is 0 Å². The summed E-state index contributed by atoms with van der Waals surface area (Å²) >= 11 is 0. The Morgan fingerprint density at radius 1 is 1.50 bits per heavy atom. The highest BCUT2D eigenvalue weighted by molar-refractivity contribution is 5.18. The second-order valence-electron chi connectivity index (χ2n) is 4.59. The molecule has 0 aromatic carbocycles. The average Bonchev–Trinajstić information content (AvgIpc) is 2.99. The summed E-state index contributed by atoms with van der Waals surface area (Å²) in [6.07, 6.45) is 4.58. The van der Waals surface area contributed by atoms with Gasteiger partial charge in [-0.15, -0.1) is 0 Å². The van der Waals surface area contributed by atoms with Crippen LogP contribution in [0.5, 0.6) is 6.01 Å². The van der Waals surface area contributed by atoms with Crippen molar-refractivity contribution in [3.63, 3.8) is 0 Å². The average molecular weight is 221 g/mol. The lowest BCUT2D eigenvalue weighted by Crippen LogP contribution is -2.17. The van der Waals surface area contributed by atoms with Gasteiger partial charge in [0.05, 0.1) is 6.10 Å². The molecule has 4 heteroatoms. The summed E-state index contributed by atoms with van der Waals surface area (Å²) in [5.74, 6) is 0. The number of aryl methyl sites for hydroxylation is 1. The van der Waals surface area contributed by atoms with Crippen LogP contribution in [0.3, 0.4) is 0 Å². The zero-order chi connectivity index (χ0) is 11.5. The molecule has 1 saturated carbocycles. The molecule has 1 N–H and O–H groups in total. The maximum atomic E-state index is 5.45. The highest BCUT2D eigenvalue weighted by Gasteiger charge is 2.20. The molecule has 1 heterocycles. The first-order chi connectivity index (χ1) is 7.65. The van der Waals surface area contributed by atoms with Crippen LogP contribution in [0.2, 0.25) is 0 Å². The van der Waals surface area contributed by atoms with Crippen molar-refractivity contribution in [2.24, 2.45) is 0 Å². The molecule has 16 heavy (non-hydrogen) atoms.